The third-order valence-electron chi connectivity index (χ3n) is 5.89. The van der Waals surface area contributed by atoms with Crippen molar-refractivity contribution in [2.75, 3.05) is 6.61 Å². The molecule has 0 bridgehead atoms. The molecule has 1 saturated heterocycles. The molecule has 0 aromatic heterocycles. The second kappa shape index (κ2) is 12.5. The fraction of sp³-hybridized carbons (Fsp3) is 0.207. The highest BCUT2D eigenvalue weighted by Gasteiger charge is 2.45. The average molecular weight is 537 g/mol. The van der Waals surface area contributed by atoms with Crippen molar-refractivity contribution in [1.29, 1.82) is 0 Å². The van der Waals surface area contributed by atoms with Crippen molar-refractivity contribution >= 4 is 24.2 Å². The highest BCUT2D eigenvalue weighted by Crippen LogP contribution is 2.32. The highest BCUT2D eigenvalue weighted by atomic mass is 16.7. The molecule has 0 spiro atoms. The number of benzene rings is 3. The number of ether oxygens (including phenoxy) is 3. The van der Waals surface area contributed by atoms with Crippen LogP contribution in [0.2, 0.25) is 0 Å². The van der Waals surface area contributed by atoms with Gasteiger partial charge in [0, 0.05) is 12.1 Å². The Balaban J connectivity index is 1.42. The van der Waals surface area contributed by atoms with Crippen molar-refractivity contribution in [3.8, 4) is 23.0 Å². The van der Waals surface area contributed by atoms with Crippen LogP contribution < -0.4 is 4.74 Å². The second-order valence-corrected chi connectivity index (χ2v) is 8.85. The molecule has 1 aliphatic heterocycles. The van der Waals surface area contributed by atoms with Crippen molar-refractivity contribution in [1.82, 2.24) is 0 Å². The first-order valence-electron chi connectivity index (χ1n) is 12.0. The van der Waals surface area contributed by atoms with E-state index in [2.05, 4.69) is 0 Å². The van der Waals surface area contributed by atoms with Gasteiger partial charge in [0.05, 0.1) is 0 Å². The predicted molar refractivity (Wildman–Crippen MR) is 141 cm³/mol. The smallest absolute Gasteiger partial charge is 0.330 e. The fourth-order valence-corrected chi connectivity index (χ4v) is 3.85. The summed E-state index contributed by atoms with van der Waals surface area (Å²) in [6.07, 6.45) is -1.69. The van der Waals surface area contributed by atoms with Gasteiger partial charge in [-0.25, -0.2) is 4.79 Å². The van der Waals surface area contributed by atoms with Gasteiger partial charge in [0.15, 0.2) is 11.5 Å². The summed E-state index contributed by atoms with van der Waals surface area (Å²) in [6, 6.07) is 17.5. The first-order valence-corrected chi connectivity index (χ1v) is 12.0. The van der Waals surface area contributed by atoms with Gasteiger partial charge in [-0.05, 0) is 47.0 Å². The second-order valence-electron chi connectivity index (χ2n) is 8.85. The molecule has 3 aromatic carbocycles. The van der Waals surface area contributed by atoms with Crippen molar-refractivity contribution in [3.05, 3.63) is 89.5 Å². The van der Waals surface area contributed by atoms with Gasteiger partial charge < -0.3 is 44.8 Å². The molecule has 10 nitrogen and oxygen atoms in total. The monoisotopic (exact) mass is 536 g/mol. The molecular weight excluding hydrogens is 508 g/mol. The minimum Gasteiger partial charge on any atom is -0.508 e. The normalized spacial score (nSPS) is 23.2. The van der Waals surface area contributed by atoms with Crippen LogP contribution >= 0.6 is 0 Å². The molecule has 0 amide bonds. The van der Waals surface area contributed by atoms with Crippen LogP contribution in [0, 0.1) is 0 Å². The Morgan fingerprint density at radius 3 is 2.18 bits per heavy atom. The molecule has 1 fully saturated rings. The first-order chi connectivity index (χ1) is 18.7. The number of carbonyl (C=O) groups is 1. The summed E-state index contributed by atoms with van der Waals surface area (Å²) < 4.78 is 16.3. The Bertz CT molecular complexity index is 1320. The van der Waals surface area contributed by atoms with Crippen molar-refractivity contribution in [3.63, 3.8) is 0 Å². The van der Waals surface area contributed by atoms with Crippen LogP contribution in [-0.2, 0) is 14.3 Å². The van der Waals surface area contributed by atoms with Gasteiger partial charge in [0.1, 0.15) is 42.5 Å². The van der Waals surface area contributed by atoms with Gasteiger partial charge in [-0.15, -0.1) is 0 Å². The van der Waals surface area contributed by atoms with E-state index in [0.717, 1.165) is 5.56 Å². The lowest BCUT2D eigenvalue weighted by Gasteiger charge is -2.39. The van der Waals surface area contributed by atoms with Crippen LogP contribution in [0.3, 0.4) is 0 Å². The van der Waals surface area contributed by atoms with E-state index < -0.39 is 43.3 Å². The number of aliphatic hydroxyl groups excluding tert-OH is 3. The first kappa shape index (κ1) is 27.7. The van der Waals surface area contributed by atoms with E-state index in [9.17, 15) is 35.4 Å². The molecule has 0 radical (unpaired) electrons. The number of esters is 1. The molecule has 5 atom stereocenters. The minimum atomic E-state index is -1.68. The molecule has 0 aliphatic carbocycles. The third kappa shape index (κ3) is 7.37. The lowest BCUT2D eigenvalue weighted by molar-refractivity contribution is -0.278. The summed E-state index contributed by atoms with van der Waals surface area (Å²) >= 11 is 0. The van der Waals surface area contributed by atoms with Gasteiger partial charge in [-0.1, -0.05) is 48.6 Å². The van der Waals surface area contributed by atoms with Crippen LogP contribution in [-0.4, -0.2) is 73.9 Å². The lowest BCUT2D eigenvalue weighted by Crippen LogP contribution is -2.60. The number of carbonyl (C=O) groups excluding carboxylic acids is 1. The molecule has 3 aromatic rings. The van der Waals surface area contributed by atoms with Crippen molar-refractivity contribution < 1.29 is 49.6 Å². The summed E-state index contributed by atoms with van der Waals surface area (Å²) in [5.41, 5.74) is 1.85. The van der Waals surface area contributed by atoms with E-state index in [0.29, 0.717) is 11.1 Å². The Hall–Kier alpha value is -4.35. The Labute approximate surface area is 223 Å². The molecule has 39 heavy (non-hydrogen) atoms. The number of rotatable bonds is 8. The number of phenolic OH excluding ortho intramolecular Hbond substituents is 3. The van der Waals surface area contributed by atoms with Crippen LogP contribution in [0.15, 0.2) is 72.8 Å². The maximum Gasteiger partial charge on any atom is 0.330 e. The maximum absolute atomic E-state index is 12.1. The Kier molecular flexibility index (Phi) is 8.84. The number of phenols is 3. The van der Waals surface area contributed by atoms with E-state index in [1.807, 2.05) is 18.2 Å². The number of aliphatic hydroxyl groups is 3. The van der Waals surface area contributed by atoms with Crippen LogP contribution in [0.4, 0.5) is 0 Å². The highest BCUT2D eigenvalue weighted by molar-refractivity contribution is 5.87. The minimum absolute atomic E-state index is 0.0925. The van der Waals surface area contributed by atoms with Gasteiger partial charge in [0.2, 0.25) is 6.29 Å². The Morgan fingerprint density at radius 1 is 0.769 bits per heavy atom. The summed E-state index contributed by atoms with van der Waals surface area (Å²) in [7, 11) is 0. The quantitative estimate of drug-likeness (QED) is 0.143. The van der Waals surface area contributed by atoms with Crippen LogP contribution in [0.5, 0.6) is 23.0 Å². The van der Waals surface area contributed by atoms with E-state index in [4.69, 9.17) is 14.2 Å². The third-order valence-corrected chi connectivity index (χ3v) is 5.89. The summed E-state index contributed by atoms with van der Waals surface area (Å²) in [4.78, 5) is 12.1. The van der Waals surface area contributed by atoms with E-state index in [1.165, 1.54) is 36.4 Å². The molecule has 0 saturated carbocycles. The SMILES string of the molecule is O=C(/C=C/c1ccccc1)OC[C@H]1O[C@@H](Oc2cc(/C=C/c3cc(O)cc(O)c3)ccc2O)[C@H](O)[C@@H](O)[C@@H]1O. The standard InChI is InChI=1S/C29H28O10/c30-20-12-19(13-21(31)15-20)7-6-18-8-10-22(32)23(14-18)38-29-28(36)27(35)26(34)24(39-29)16-37-25(33)11-9-17-4-2-1-3-5-17/h1-15,24,26-32,34-36H,16H2/b7-6+,11-9+/t24-,26-,27+,28-,29-/m1/s1. The summed E-state index contributed by atoms with van der Waals surface area (Å²) in [5.74, 6) is -1.30. The van der Waals surface area contributed by atoms with Gasteiger partial charge in [0.25, 0.3) is 0 Å². The van der Waals surface area contributed by atoms with Crippen LogP contribution in [0.1, 0.15) is 16.7 Å². The van der Waals surface area contributed by atoms with Gasteiger partial charge in [-0.3, -0.25) is 0 Å². The largest absolute Gasteiger partial charge is 0.508 e. The fourth-order valence-electron chi connectivity index (χ4n) is 3.85. The summed E-state index contributed by atoms with van der Waals surface area (Å²) in [5, 5.41) is 60.6. The molecule has 1 heterocycles. The number of aromatic hydroxyl groups is 3. The molecule has 6 N–H and O–H groups in total. The van der Waals surface area contributed by atoms with E-state index in [1.54, 1.807) is 36.4 Å². The van der Waals surface area contributed by atoms with E-state index >= 15 is 0 Å². The lowest BCUT2D eigenvalue weighted by atomic mass is 9.99. The zero-order valence-electron chi connectivity index (χ0n) is 20.6. The Morgan fingerprint density at radius 2 is 1.46 bits per heavy atom. The molecule has 1 aliphatic rings. The van der Waals surface area contributed by atoms with Crippen LogP contribution in [0.25, 0.3) is 18.2 Å². The topological polar surface area (TPSA) is 166 Å². The average Bonchev–Trinajstić information content (AvgIpc) is 2.92. The molecule has 4 rings (SSSR count). The zero-order valence-corrected chi connectivity index (χ0v) is 20.6. The number of hydrogen-bond acceptors (Lipinski definition) is 10. The molecule has 0 unspecified atom stereocenters. The van der Waals surface area contributed by atoms with E-state index in [-0.39, 0.29) is 23.0 Å². The number of hydrogen-bond donors (Lipinski definition) is 6. The van der Waals surface area contributed by atoms with Gasteiger partial charge >= 0.3 is 5.97 Å². The predicted octanol–water partition coefficient (Wildman–Crippen LogP) is 2.42. The molecule has 10 heteroatoms. The van der Waals surface area contributed by atoms with Crippen molar-refractivity contribution in [2.24, 2.45) is 0 Å². The van der Waals surface area contributed by atoms with Gasteiger partial charge in [-0.2, -0.15) is 0 Å². The van der Waals surface area contributed by atoms with Crippen molar-refractivity contribution in [2.45, 2.75) is 30.7 Å². The summed E-state index contributed by atoms with van der Waals surface area (Å²) in [6.45, 7) is -0.436. The molecular formula is C29H28O10. The maximum atomic E-state index is 12.1. The molecule has 204 valence electrons. The zero-order chi connectivity index (χ0) is 27.9.